The summed E-state index contributed by atoms with van der Waals surface area (Å²) < 4.78 is 6.65. The van der Waals surface area contributed by atoms with Crippen LogP contribution < -0.4 is 0 Å². The molecule has 0 aliphatic carbocycles. The largest absolute Gasteiger partial charge is 0.247 e. The first-order valence-electron chi connectivity index (χ1n) is 5.29. The smallest absolute Gasteiger partial charge is 0.0920 e. The van der Waals surface area contributed by atoms with Crippen molar-refractivity contribution in [1.29, 1.82) is 0 Å². The Balaban J connectivity index is 2.34. The molecular formula is C9H12I4N4. The molecule has 0 saturated heterocycles. The van der Waals surface area contributed by atoms with Gasteiger partial charge in [0.15, 0.2) is 0 Å². The van der Waals surface area contributed by atoms with Crippen molar-refractivity contribution < 1.29 is 0 Å². The monoisotopic (exact) mass is 684 g/mol. The topological polar surface area (TPSA) is 34.0 Å². The fraction of sp³-hybridized carbons (Fsp3) is 0.778. The zero-order valence-corrected chi connectivity index (χ0v) is 17.6. The van der Waals surface area contributed by atoms with E-state index in [-0.39, 0.29) is 0 Å². The molecule has 8 heteroatoms. The first kappa shape index (κ1) is 15.4. The summed E-state index contributed by atoms with van der Waals surface area (Å²) in [7, 11) is 0. The van der Waals surface area contributed by atoms with Crippen molar-refractivity contribution in [1.82, 2.24) is 16.3 Å². The molecule has 1 aliphatic heterocycles. The summed E-state index contributed by atoms with van der Waals surface area (Å²) in [6, 6.07) is 0. The zero-order valence-electron chi connectivity index (χ0n) is 8.99. The second-order valence-corrected chi connectivity index (χ2v) is 8.23. The summed E-state index contributed by atoms with van der Waals surface area (Å²) in [5.41, 5.74) is 2.54. The molecule has 0 fully saturated rings. The molecule has 0 N–H and O–H groups in total. The van der Waals surface area contributed by atoms with Crippen LogP contribution in [0.25, 0.3) is 0 Å². The molecule has 17 heavy (non-hydrogen) atoms. The Hall–Kier alpha value is 2.02. The van der Waals surface area contributed by atoms with Crippen LogP contribution in [0.2, 0.25) is 0 Å². The average molecular weight is 684 g/mol. The number of alkyl halides is 2. The zero-order chi connectivity index (χ0) is 12.4. The highest BCUT2D eigenvalue weighted by atomic mass is 127. The summed E-state index contributed by atoms with van der Waals surface area (Å²) in [5.74, 6) is 1.22. The van der Waals surface area contributed by atoms with Crippen LogP contribution in [0.4, 0.5) is 0 Å². The van der Waals surface area contributed by atoms with Gasteiger partial charge in [-0.3, -0.25) is 0 Å². The molecule has 1 aromatic heterocycles. The first-order chi connectivity index (χ1) is 8.15. The SMILES string of the molecule is ICC1Cc2c(nnn2I)C(CI)CN(I)C1. The normalized spacial score (nSPS) is 26.4. The van der Waals surface area contributed by atoms with Gasteiger partial charge in [-0.15, -0.1) is 5.10 Å². The van der Waals surface area contributed by atoms with Crippen molar-refractivity contribution in [2.24, 2.45) is 5.92 Å². The summed E-state index contributed by atoms with van der Waals surface area (Å²) in [6.07, 6.45) is 1.10. The minimum absolute atomic E-state index is 0.515. The third kappa shape index (κ3) is 3.77. The van der Waals surface area contributed by atoms with Gasteiger partial charge in [-0.2, -0.15) is 2.90 Å². The van der Waals surface area contributed by atoms with Crippen molar-refractivity contribution in [2.45, 2.75) is 12.3 Å². The van der Waals surface area contributed by atoms with Crippen molar-refractivity contribution in [2.75, 3.05) is 21.9 Å². The predicted octanol–water partition coefficient (Wildman–Crippen LogP) is 3.25. The Morgan fingerprint density at radius 2 is 1.94 bits per heavy atom. The molecule has 2 heterocycles. The van der Waals surface area contributed by atoms with E-state index in [0.29, 0.717) is 11.8 Å². The Labute approximate surface area is 156 Å². The van der Waals surface area contributed by atoms with E-state index in [1.807, 2.05) is 2.90 Å². The molecule has 0 spiro atoms. The molecule has 0 bridgehead atoms. The second kappa shape index (κ2) is 7.15. The number of aromatic nitrogens is 3. The minimum atomic E-state index is 0.515. The number of rotatable bonds is 2. The first-order valence-corrected chi connectivity index (χ1v) is 10.3. The number of fused-ring (bicyclic) bond motifs is 1. The second-order valence-electron chi connectivity index (χ2n) is 4.18. The molecule has 1 aliphatic rings. The Kier molecular flexibility index (Phi) is 6.48. The molecule has 4 nitrogen and oxygen atoms in total. The van der Waals surface area contributed by atoms with E-state index in [9.17, 15) is 0 Å². The predicted molar refractivity (Wildman–Crippen MR) is 103 cm³/mol. The lowest BCUT2D eigenvalue weighted by molar-refractivity contribution is 0.386. The molecule has 0 saturated carbocycles. The van der Waals surface area contributed by atoms with Crippen molar-refractivity contribution >= 4 is 90.9 Å². The maximum absolute atomic E-state index is 4.38. The lowest BCUT2D eigenvalue weighted by Gasteiger charge is -2.27. The standard InChI is InChI=1S/C9H12I4N4/c10-2-6-1-8-9(14-15-17(8)13)7(3-11)5-16(12)4-6/h6-7H,1-5H2. The fourth-order valence-corrected chi connectivity index (χ4v) is 4.89. The summed E-state index contributed by atoms with van der Waals surface area (Å²) in [6.45, 7) is 2.25. The average Bonchev–Trinajstić information content (AvgIpc) is 2.64. The Morgan fingerprint density at radius 1 is 1.18 bits per heavy atom. The molecule has 96 valence electrons. The van der Waals surface area contributed by atoms with Gasteiger partial charge in [0.05, 0.1) is 34.3 Å². The third-order valence-electron chi connectivity index (χ3n) is 2.90. The quantitative estimate of drug-likeness (QED) is 0.273. The van der Waals surface area contributed by atoms with Gasteiger partial charge in [-0.05, 0) is 12.3 Å². The molecule has 2 rings (SSSR count). The van der Waals surface area contributed by atoms with E-state index in [1.165, 1.54) is 15.8 Å². The van der Waals surface area contributed by atoms with Crippen LogP contribution in [-0.2, 0) is 6.42 Å². The van der Waals surface area contributed by atoms with E-state index < -0.39 is 0 Å². The highest BCUT2D eigenvalue weighted by Crippen LogP contribution is 2.29. The van der Waals surface area contributed by atoms with Crippen LogP contribution in [0.1, 0.15) is 17.3 Å². The Morgan fingerprint density at radius 3 is 2.59 bits per heavy atom. The number of halogens is 4. The van der Waals surface area contributed by atoms with Gasteiger partial charge in [0, 0.05) is 50.7 Å². The molecule has 1 aromatic rings. The molecule has 0 radical (unpaired) electrons. The molecular weight excluding hydrogens is 672 g/mol. The van der Waals surface area contributed by atoms with E-state index in [1.54, 1.807) is 0 Å². The van der Waals surface area contributed by atoms with E-state index in [2.05, 4.69) is 104 Å². The van der Waals surface area contributed by atoms with Crippen LogP contribution in [0.15, 0.2) is 0 Å². The van der Waals surface area contributed by atoms with Gasteiger partial charge >= 0.3 is 0 Å². The van der Waals surface area contributed by atoms with Gasteiger partial charge in [-0.25, -0.2) is 3.11 Å². The van der Waals surface area contributed by atoms with Crippen molar-refractivity contribution in [3.05, 3.63) is 11.4 Å². The van der Waals surface area contributed by atoms with Crippen LogP contribution in [0, 0.1) is 5.92 Å². The summed E-state index contributed by atoms with van der Waals surface area (Å²) >= 11 is 9.64. The summed E-state index contributed by atoms with van der Waals surface area (Å²) in [5, 5.41) is 8.58. The molecule has 0 aromatic carbocycles. The maximum atomic E-state index is 4.38. The number of hydrogen-bond donors (Lipinski definition) is 0. The van der Waals surface area contributed by atoms with Crippen LogP contribution in [0.3, 0.4) is 0 Å². The van der Waals surface area contributed by atoms with E-state index in [4.69, 9.17) is 0 Å². The number of hydrogen-bond acceptors (Lipinski definition) is 3. The fourth-order valence-electron chi connectivity index (χ4n) is 2.03. The van der Waals surface area contributed by atoms with Gasteiger partial charge in [-0.1, -0.05) is 50.4 Å². The summed E-state index contributed by atoms with van der Waals surface area (Å²) in [4.78, 5) is 0. The number of nitrogens with zero attached hydrogens (tertiary/aromatic N) is 4. The maximum Gasteiger partial charge on any atom is 0.0920 e. The Bertz CT molecular complexity index is 383. The van der Waals surface area contributed by atoms with Crippen LogP contribution in [-0.4, -0.2) is 38.3 Å². The van der Waals surface area contributed by atoms with Crippen LogP contribution >= 0.6 is 90.9 Å². The van der Waals surface area contributed by atoms with Gasteiger partial charge in [0.2, 0.25) is 0 Å². The van der Waals surface area contributed by atoms with Gasteiger partial charge in [0.25, 0.3) is 0 Å². The van der Waals surface area contributed by atoms with Gasteiger partial charge < -0.3 is 0 Å². The lowest BCUT2D eigenvalue weighted by Crippen LogP contribution is -2.31. The molecule has 0 amide bonds. The van der Waals surface area contributed by atoms with E-state index >= 15 is 0 Å². The van der Waals surface area contributed by atoms with Gasteiger partial charge in [0.1, 0.15) is 0 Å². The third-order valence-corrected chi connectivity index (χ3v) is 6.77. The highest BCUT2D eigenvalue weighted by Gasteiger charge is 2.28. The van der Waals surface area contributed by atoms with Crippen molar-refractivity contribution in [3.8, 4) is 0 Å². The highest BCUT2D eigenvalue weighted by molar-refractivity contribution is 14.1. The molecule has 2 atom stereocenters. The minimum Gasteiger partial charge on any atom is -0.247 e. The van der Waals surface area contributed by atoms with Crippen LogP contribution in [0.5, 0.6) is 0 Å². The van der Waals surface area contributed by atoms with Crippen molar-refractivity contribution in [3.63, 3.8) is 0 Å². The lowest BCUT2D eigenvalue weighted by atomic mass is 9.96. The van der Waals surface area contributed by atoms with E-state index in [0.717, 1.165) is 23.9 Å². The molecule has 2 unspecified atom stereocenters.